The van der Waals surface area contributed by atoms with Gasteiger partial charge >= 0.3 is 0 Å². The van der Waals surface area contributed by atoms with E-state index < -0.39 is 17.5 Å². The van der Waals surface area contributed by atoms with E-state index >= 15 is 0 Å². The third-order valence-corrected chi connectivity index (χ3v) is 5.58. The van der Waals surface area contributed by atoms with E-state index in [1.165, 1.54) is 6.07 Å². The van der Waals surface area contributed by atoms with Crippen molar-refractivity contribution in [1.29, 1.82) is 0 Å². The van der Waals surface area contributed by atoms with Crippen molar-refractivity contribution >= 4 is 17.5 Å². The minimum Gasteiger partial charge on any atom is -0.347 e. The monoisotopic (exact) mass is 387 g/mol. The van der Waals surface area contributed by atoms with Gasteiger partial charge in [0.1, 0.15) is 5.69 Å². The summed E-state index contributed by atoms with van der Waals surface area (Å²) in [5, 5.41) is 5.71. The number of rotatable bonds is 3. The number of nitrogens with zero attached hydrogens (tertiary/aromatic N) is 1. The van der Waals surface area contributed by atoms with E-state index in [4.69, 9.17) is 0 Å². The van der Waals surface area contributed by atoms with Crippen molar-refractivity contribution in [3.63, 3.8) is 0 Å². The van der Waals surface area contributed by atoms with E-state index in [9.17, 15) is 18.4 Å². The third-order valence-electron chi connectivity index (χ3n) is 5.58. The molecule has 1 fully saturated rings. The molecule has 2 aliphatic rings. The standard InChI is InChI=1S/C21H23F2N3O2/c1-21(2)9-8-13-16(19(27)25-21)17(11-4-5-11)26(3)18(13)20(28)24-12-6-7-14(22)15(23)10-12/h6-7,10-11H,4-5,8-9H2,1-3H3,(H,24,28)(H,25,27). The summed E-state index contributed by atoms with van der Waals surface area (Å²) in [4.78, 5) is 26.0. The van der Waals surface area contributed by atoms with Crippen molar-refractivity contribution in [2.24, 2.45) is 7.05 Å². The van der Waals surface area contributed by atoms with Crippen molar-refractivity contribution in [3.8, 4) is 0 Å². The maximum absolute atomic E-state index is 13.5. The summed E-state index contributed by atoms with van der Waals surface area (Å²) >= 11 is 0. The van der Waals surface area contributed by atoms with E-state index in [0.717, 1.165) is 36.2 Å². The van der Waals surface area contributed by atoms with Crippen LogP contribution in [0.2, 0.25) is 0 Å². The van der Waals surface area contributed by atoms with Crippen LogP contribution in [0.5, 0.6) is 0 Å². The lowest BCUT2D eigenvalue weighted by Crippen LogP contribution is -2.42. The molecule has 2 aromatic rings. The zero-order valence-corrected chi connectivity index (χ0v) is 16.2. The molecule has 1 aromatic heterocycles. The first-order chi connectivity index (χ1) is 13.2. The molecule has 0 unspecified atom stereocenters. The number of hydrogen-bond donors (Lipinski definition) is 2. The summed E-state index contributed by atoms with van der Waals surface area (Å²) in [7, 11) is 1.79. The van der Waals surface area contributed by atoms with Crippen LogP contribution in [0, 0.1) is 11.6 Å². The number of fused-ring (bicyclic) bond motifs is 1. The normalized spacial score (nSPS) is 18.2. The average molecular weight is 387 g/mol. The summed E-state index contributed by atoms with van der Waals surface area (Å²) in [6, 6.07) is 3.24. The van der Waals surface area contributed by atoms with Crippen molar-refractivity contribution in [1.82, 2.24) is 9.88 Å². The molecule has 0 radical (unpaired) electrons. The molecule has 1 aliphatic carbocycles. The molecule has 1 aliphatic heterocycles. The van der Waals surface area contributed by atoms with Crippen LogP contribution in [0.3, 0.4) is 0 Å². The Hall–Kier alpha value is -2.70. The minimum atomic E-state index is -1.02. The second-order valence-corrected chi connectivity index (χ2v) is 8.34. The summed E-state index contributed by atoms with van der Waals surface area (Å²) in [5.74, 6) is -2.30. The molecule has 1 saturated carbocycles. The quantitative estimate of drug-likeness (QED) is 0.839. The predicted molar refractivity (Wildman–Crippen MR) is 102 cm³/mol. The van der Waals surface area contributed by atoms with Crippen molar-refractivity contribution in [3.05, 3.63) is 52.3 Å². The summed E-state index contributed by atoms with van der Waals surface area (Å²) in [6.45, 7) is 3.93. The average Bonchev–Trinajstić information content (AvgIpc) is 3.40. The van der Waals surface area contributed by atoms with Crippen LogP contribution in [-0.2, 0) is 13.5 Å². The van der Waals surface area contributed by atoms with Crippen LogP contribution in [0.1, 0.15) is 71.1 Å². The van der Waals surface area contributed by atoms with E-state index in [0.29, 0.717) is 24.1 Å². The lowest BCUT2D eigenvalue weighted by Gasteiger charge is -2.24. The molecule has 5 nitrogen and oxygen atoms in total. The van der Waals surface area contributed by atoms with Gasteiger partial charge in [0.2, 0.25) is 0 Å². The zero-order valence-electron chi connectivity index (χ0n) is 16.2. The molecule has 2 heterocycles. The Morgan fingerprint density at radius 3 is 2.61 bits per heavy atom. The van der Waals surface area contributed by atoms with Gasteiger partial charge in [0.15, 0.2) is 11.6 Å². The lowest BCUT2D eigenvalue weighted by molar-refractivity contribution is 0.0914. The molecule has 0 spiro atoms. The molecule has 2 N–H and O–H groups in total. The predicted octanol–water partition coefficient (Wildman–Crippen LogP) is 3.89. The number of amides is 2. The molecular formula is C21H23F2N3O2. The first-order valence-corrected chi connectivity index (χ1v) is 9.48. The van der Waals surface area contributed by atoms with Crippen LogP contribution in [-0.4, -0.2) is 21.9 Å². The van der Waals surface area contributed by atoms with Gasteiger partial charge < -0.3 is 15.2 Å². The molecule has 2 amide bonds. The molecule has 1 aromatic carbocycles. The van der Waals surface area contributed by atoms with Crippen LogP contribution < -0.4 is 10.6 Å². The Kier molecular flexibility index (Phi) is 4.28. The van der Waals surface area contributed by atoms with Gasteiger partial charge in [-0.1, -0.05) is 0 Å². The number of benzene rings is 1. The summed E-state index contributed by atoms with van der Waals surface area (Å²) < 4.78 is 28.5. The Morgan fingerprint density at radius 1 is 1.25 bits per heavy atom. The summed E-state index contributed by atoms with van der Waals surface area (Å²) in [5.41, 5.74) is 2.44. The number of halogens is 2. The van der Waals surface area contributed by atoms with Crippen LogP contribution >= 0.6 is 0 Å². The van der Waals surface area contributed by atoms with Crippen LogP contribution in [0.25, 0.3) is 0 Å². The highest BCUT2D eigenvalue weighted by molar-refractivity contribution is 6.08. The molecule has 0 atom stereocenters. The molecule has 4 rings (SSSR count). The molecule has 7 heteroatoms. The maximum Gasteiger partial charge on any atom is 0.272 e. The van der Waals surface area contributed by atoms with Gasteiger partial charge in [-0.3, -0.25) is 9.59 Å². The van der Waals surface area contributed by atoms with Gasteiger partial charge in [-0.2, -0.15) is 0 Å². The van der Waals surface area contributed by atoms with Gasteiger partial charge in [-0.25, -0.2) is 8.78 Å². The summed E-state index contributed by atoms with van der Waals surface area (Å²) in [6.07, 6.45) is 3.27. The highest BCUT2D eigenvalue weighted by Crippen LogP contribution is 2.45. The van der Waals surface area contributed by atoms with E-state index in [-0.39, 0.29) is 23.1 Å². The molecular weight excluding hydrogens is 364 g/mol. The topological polar surface area (TPSA) is 63.1 Å². The number of anilines is 1. The van der Waals surface area contributed by atoms with Gasteiger partial charge in [0.25, 0.3) is 11.8 Å². The first-order valence-electron chi connectivity index (χ1n) is 9.48. The van der Waals surface area contributed by atoms with E-state index in [1.807, 2.05) is 13.8 Å². The molecule has 28 heavy (non-hydrogen) atoms. The van der Waals surface area contributed by atoms with Crippen molar-refractivity contribution in [2.45, 2.75) is 51.0 Å². The third kappa shape index (κ3) is 3.19. The number of nitrogens with one attached hydrogen (secondary N) is 2. The lowest BCUT2D eigenvalue weighted by atomic mass is 9.96. The van der Waals surface area contributed by atoms with Gasteiger partial charge in [0.05, 0.1) is 5.56 Å². The Balaban J connectivity index is 1.77. The van der Waals surface area contributed by atoms with Crippen molar-refractivity contribution < 1.29 is 18.4 Å². The van der Waals surface area contributed by atoms with Gasteiger partial charge in [0, 0.05) is 36.0 Å². The fraction of sp³-hybridized carbons (Fsp3) is 0.429. The number of aromatic nitrogens is 1. The zero-order chi connectivity index (χ0) is 20.2. The minimum absolute atomic E-state index is 0.151. The Bertz CT molecular complexity index is 990. The van der Waals surface area contributed by atoms with E-state index in [1.54, 1.807) is 11.6 Å². The van der Waals surface area contributed by atoms with Crippen molar-refractivity contribution in [2.75, 3.05) is 5.32 Å². The largest absolute Gasteiger partial charge is 0.347 e. The fourth-order valence-corrected chi connectivity index (χ4v) is 4.02. The first kappa shape index (κ1) is 18.7. The van der Waals surface area contributed by atoms with E-state index in [2.05, 4.69) is 10.6 Å². The molecule has 148 valence electrons. The van der Waals surface area contributed by atoms with Crippen LogP contribution in [0.4, 0.5) is 14.5 Å². The highest BCUT2D eigenvalue weighted by atomic mass is 19.2. The smallest absolute Gasteiger partial charge is 0.272 e. The van der Waals surface area contributed by atoms with Crippen LogP contribution in [0.15, 0.2) is 18.2 Å². The number of carbonyl (C=O) groups excluding carboxylic acids is 2. The maximum atomic E-state index is 13.5. The second kappa shape index (κ2) is 6.43. The number of carbonyl (C=O) groups is 2. The molecule has 0 bridgehead atoms. The second-order valence-electron chi connectivity index (χ2n) is 8.34. The number of hydrogen-bond acceptors (Lipinski definition) is 2. The molecule has 0 saturated heterocycles. The Morgan fingerprint density at radius 2 is 1.96 bits per heavy atom. The van der Waals surface area contributed by atoms with Gasteiger partial charge in [-0.05, 0) is 57.2 Å². The van der Waals surface area contributed by atoms with Gasteiger partial charge in [-0.15, -0.1) is 0 Å². The highest BCUT2D eigenvalue weighted by Gasteiger charge is 2.40. The fourth-order valence-electron chi connectivity index (χ4n) is 4.02. The Labute approximate surface area is 162 Å². The SMILES string of the molecule is Cn1c(C(=O)Nc2ccc(F)c(F)c2)c2c(c1C1CC1)C(=O)NC(C)(C)CC2.